The third-order valence-electron chi connectivity index (χ3n) is 4.14. The molecule has 6 nitrogen and oxygen atoms in total. The van der Waals surface area contributed by atoms with Crippen molar-refractivity contribution < 1.29 is 23.1 Å². The highest BCUT2D eigenvalue weighted by Gasteiger charge is 2.29. The lowest BCUT2D eigenvalue weighted by Crippen LogP contribution is -2.23. The van der Waals surface area contributed by atoms with Crippen molar-refractivity contribution in [2.75, 3.05) is 5.32 Å². The number of nitrogens with zero attached hydrogens (tertiary/aromatic N) is 3. The second-order valence-electron chi connectivity index (χ2n) is 5.82. The lowest BCUT2D eigenvalue weighted by atomic mass is 10.0. The summed E-state index contributed by atoms with van der Waals surface area (Å²) in [6, 6.07) is 3.07. The Bertz CT molecular complexity index is 866. The average molecular weight is 387 g/mol. The normalized spacial score (nSPS) is 14.5. The molecule has 0 saturated heterocycles. The maximum absolute atomic E-state index is 14.3. The Balaban J connectivity index is 1.91. The largest absolute Gasteiger partial charge is 0.465 e. The summed E-state index contributed by atoms with van der Waals surface area (Å²) in [7, 11) is 0. The van der Waals surface area contributed by atoms with Gasteiger partial charge in [0.15, 0.2) is 0 Å². The lowest BCUT2D eigenvalue weighted by Gasteiger charge is -2.19. The summed E-state index contributed by atoms with van der Waals surface area (Å²) < 4.78 is 40.1. The number of rotatable bonds is 4. The SMILES string of the molecule is CC(Nc1nc(Cl)nc2c1CN(C(=O)O)C2)c1cccc(C(F)F)c1F. The zero-order valence-electron chi connectivity index (χ0n) is 13.5. The van der Waals surface area contributed by atoms with Crippen LogP contribution in [-0.2, 0) is 13.1 Å². The maximum atomic E-state index is 14.3. The van der Waals surface area contributed by atoms with E-state index in [2.05, 4.69) is 15.3 Å². The number of halogens is 4. The summed E-state index contributed by atoms with van der Waals surface area (Å²) in [6.07, 6.45) is -4.04. The van der Waals surface area contributed by atoms with Crippen molar-refractivity contribution in [1.29, 1.82) is 0 Å². The molecule has 2 aromatic rings. The molecule has 2 heterocycles. The fraction of sp³-hybridized carbons (Fsp3) is 0.312. The summed E-state index contributed by atoms with van der Waals surface area (Å²) in [5.74, 6) is -0.746. The van der Waals surface area contributed by atoms with Crippen molar-refractivity contribution in [3.63, 3.8) is 0 Å². The predicted octanol–water partition coefficient (Wildman–Crippen LogP) is 4.37. The van der Waals surface area contributed by atoms with Crippen LogP contribution < -0.4 is 5.32 Å². The molecule has 0 bridgehead atoms. The molecule has 26 heavy (non-hydrogen) atoms. The second kappa shape index (κ2) is 6.99. The van der Waals surface area contributed by atoms with Gasteiger partial charge in [0.25, 0.3) is 6.43 Å². The van der Waals surface area contributed by atoms with Crippen molar-refractivity contribution in [3.05, 3.63) is 51.7 Å². The number of fused-ring (bicyclic) bond motifs is 1. The van der Waals surface area contributed by atoms with E-state index in [1.165, 1.54) is 12.1 Å². The first-order valence-corrected chi connectivity index (χ1v) is 8.02. The summed E-state index contributed by atoms with van der Waals surface area (Å²) in [4.78, 5) is 20.4. The number of hydrogen-bond acceptors (Lipinski definition) is 4. The highest BCUT2D eigenvalue weighted by Crippen LogP contribution is 2.32. The molecule has 1 aliphatic heterocycles. The van der Waals surface area contributed by atoms with E-state index in [0.717, 1.165) is 11.0 Å². The number of alkyl halides is 2. The molecule has 0 fully saturated rings. The zero-order valence-corrected chi connectivity index (χ0v) is 14.3. The molecule has 0 spiro atoms. The molecule has 1 amide bonds. The Morgan fingerprint density at radius 1 is 1.31 bits per heavy atom. The van der Waals surface area contributed by atoms with Crippen molar-refractivity contribution >= 4 is 23.5 Å². The van der Waals surface area contributed by atoms with E-state index in [9.17, 15) is 18.0 Å². The third kappa shape index (κ3) is 3.39. The number of anilines is 1. The Kier molecular flexibility index (Phi) is 4.90. The van der Waals surface area contributed by atoms with Gasteiger partial charge in [0, 0.05) is 11.1 Å². The van der Waals surface area contributed by atoms with Crippen LogP contribution in [-0.4, -0.2) is 26.1 Å². The first-order valence-electron chi connectivity index (χ1n) is 7.64. The highest BCUT2D eigenvalue weighted by atomic mass is 35.5. The fourth-order valence-corrected chi connectivity index (χ4v) is 3.02. The second-order valence-corrected chi connectivity index (χ2v) is 6.16. The smallest absolute Gasteiger partial charge is 0.407 e. The van der Waals surface area contributed by atoms with Gasteiger partial charge >= 0.3 is 6.09 Å². The van der Waals surface area contributed by atoms with E-state index in [-0.39, 0.29) is 29.8 Å². The van der Waals surface area contributed by atoms with Crippen LogP contribution in [0.1, 0.15) is 41.8 Å². The van der Waals surface area contributed by atoms with Crippen molar-refractivity contribution in [2.45, 2.75) is 32.5 Å². The maximum Gasteiger partial charge on any atom is 0.407 e. The highest BCUT2D eigenvalue weighted by molar-refractivity contribution is 6.28. The van der Waals surface area contributed by atoms with Gasteiger partial charge in [0.1, 0.15) is 11.6 Å². The molecule has 1 unspecified atom stereocenters. The van der Waals surface area contributed by atoms with E-state index in [1.54, 1.807) is 6.92 Å². The number of carbonyl (C=O) groups is 1. The first-order chi connectivity index (χ1) is 12.3. The molecule has 3 rings (SSSR count). The van der Waals surface area contributed by atoms with Gasteiger partial charge in [0.2, 0.25) is 5.28 Å². The van der Waals surface area contributed by atoms with Crippen molar-refractivity contribution in [2.24, 2.45) is 0 Å². The third-order valence-corrected chi connectivity index (χ3v) is 4.31. The van der Waals surface area contributed by atoms with Crippen LogP contribution >= 0.6 is 11.6 Å². The monoisotopic (exact) mass is 386 g/mol. The molecule has 0 radical (unpaired) electrons. The van der Waals surface area contributed by atoms with Gasteiger partial charge in [-0.15, -0.1) is 0 Å². The van der Waals surface area contributed by atoms with E-state index < -0.39 is 29.9 Å². The molecule has 1 aromatic heterocycles. The Labute approximate surface area is 151 Å². The van der Waals surface area contributed by atoms with Crippen molar-refractivity contribution in [3.8, 4) is 0 Å². The topological polar surface area (TPSA) is 78.4 Å². The zero-order chi connectivity index (χ0) is 19.0. The Morgan fingerprint density at radius 3 is 2.65 bits per heavy atom. The number of aromatic nitrogens is 2. The quantitative estimate of drug-likeness (QED) is 0.763. The Morgan fingerprint density at radius 2 is 2.00 bits per heavy atom. The van der Waals surface area contributed by atoms with Gasteiger partial charge in [-0.05, 0) is 18.5 Å². The first kappa shape index (κ1) is 18.2. The van der Waals surface area contributed by atoms with E-state index in [1.807, 2.05) is 0 Å². The number of amides is 1. The molecule has 10 heteroatoms. The molecule has 0 saturated carbocycles. The molecule has 1 atom stereocenters. The molecule has 138 valence electrons. The van der Waals surface area contributed by atoms with Crippen LogP contribution in [0, 0.1) is 5.82 Å². The average Bonchev–Trinajstić information content (AvgIpc) is 2.99. The van der Waals surface area contributed by atoms with E-state index in [0.29, 0.717) is 11.3 Å². The van der Waals surface area contributed by atoms with Crippen LogP contribution in [0.3, 0.4) is 0 Å². The summed E-state index contributed by atoms with van der Waals surface area (Å²) in [5.41, 5.74) is 0.330. The van der Waals surface area contributed by atoms with Crippen LogP contribution in [0.25, 0.3) is 0 Å². The van der Waals surface area contributed by atoms with E-state index in [4.69, 9.17) is 16.7 Å². The van der Waals surface area contributed by atoms with Crippen LogP contribution in [0.2, 0.25) is 5.28 Å². The summed E-state index contributed by atoms with van der Waals surface area (Å²) in [5, 5.41) is 12.0. The Hall–Kier alpha value is -2.55. The minimum atomic E-state index is -2.93. The summed E-state index contributed by atoms with van der Waals surface area (Å²) in [6.45, 7) is 1.70. The van der Waals surface area contributed by atoms with Gasteiger partial charge < -0.3 is 10.4 Å². The van der Waals surface area contributed by atoms with Crippen molar-refractivity contribution in [1.82, 2.24) is 14.9 Å². The molecule has 0 aliphatic carbocycles. The number of carboxylic acid groups (broad SMARTS) is 1. The van der Waals surface area contributed by atoms with Gasteiger partial charge in [-0.2, -0.15) is 0 Å². The number of hydrogen-bond donors (Lipinski definition) is 2. The van der Waals surface area contributed by atoms with Gasteiger partial charge in [-0.1, -0.05) is 18.2 Å². The van der Waals surface area contributed by atoms with Gasteiger partial charge in [-0.3, -0.25) is 4.90 Å². The lowest BCUT2D eigenvalue weighted by molar-refractivity contribution is 0.144. The van der Waals surface area contributed by atoms with E-state index >= 15 is 0 Å². The van der Waals surface area contributed by atoms with Gasteiger partial charge in [-0.25, -0.2) is 27.9 Å². The molecule has 1 aliphatic rings. The number of nitrogens with one attached hydrogen (secondary N) is 1. The van der Waals surface area contributed by atoms with Crippen LogP contribution in [0.15, 0.2) is 18.2 Å². The minimum Gasteiger partial charge on any atom is -0.465 e. The standard InChI is InChI=1S/C16H14ClF3N4O2/c1-7(8-3-2-4-9(12(8)18)13(19)20)21-14-10-5-24(16(25)26)6-11(10)22-15(17)23-14/h2-4,7,13H,5-6H2,1H3,(H,25,26)(H,21,22,23). The fourth-order valence-electron chi connectivity index (χ4n) is 2.83. The van der Waals surface area contributed by atoms with Crippen LogP contribution in [0.4, 0.5) is 23.8 Å². The molecule has 2 N–H and O–H groups in total. The minimum absolute atomic E-state index is 0.0411. The summed E-state index contributed by atoms with van der Waals surface area (Å²) >= 11 is 5.88. The van der Waals surface area contributed by atoms with Crippen LogP contribution in [0.5, 0.6) is 0 Å². The predicted molar refractivity (Wildman–Crippen MR) is 87.7 cm³/mol. The molecule has 1 aromatic carbocycles. The number of benzene rings is 1. The molecular formula is C16H14ClF3N4O2. The molecular weight excluding hydrogens is 373 g/mol. The van der Waals surface area contributed by atoms with Gasteiger partial charge in [0.05, 0.1) is 30.4 Å².